The lowest BCUT2D eigenvalue weighted by Gasteiger charge is -2.43. The molecule has 2 fully saturated rings. The first-order valence-electron chi connectivity index (χ1n) is 7.58. The molecule has 2 saturated heterocycles. The number of rotatable bonds is 1. The zero-order valence-electron chi connectivity index (χ0n) is 12.8. The van der Waals surface area contributed by atoms with Gasteiger partial charge in [-0.1, -0.05) is 20.8 Å². The molecule has 2 aliphatic heterocycles. The number of carbonyl (C=O) groups is 2. The van der Waals surface area contributed by atoms with Crippen LogP contribution < -0.4 is 0 Å². The normalized spacial score (nSPS) is 30.1. The molecule has 0 aliphatic carbocycles. The number of piperidine rings is 2. The molecule has 0 spiro atoms. The average Bonchev–Trinajstić information content (AvgIpc) is 2.36. The lowest BCUT2D eigenvalue weighted by Crippen LogP contribution is -2.56. The number of aliphatic carboxylic acids is 1. The monoisotopic (exact) mass is 282 g/mol. The summed E-state index contributed by atoms with van der Waals surface area (Å²) in [6, 6.07) is -0.742. The van der Waals surface area contributed by atoms with Crippen molar-refractivity contribution in [2.75, 3.05) is 19.6 Å². The molecule has 0 aromatic heterocycles. The second kappa shape index (κ2) is 5.62. The molecule has 0 saturated carbocycles. The summed E-state index contributed by atoms with van der Waals surface area (Å²) in [5.41, 5.74) is 0.135. The molecule has 2 atom stereocenters. The van der Waals surface area contributed by atoms with Crippen LogP contribution in [0.25, 0.3) is 0 Å². The lowest BCUT2D eigenvalue weighted by molar-refractivity contribution is -0.144. The molecule has 0 radical (unpaired) electrons. The highest BCUT2D eigenvalue weighted by Crippen LogP contribution is 2.30. The second-order valence-electron chi connectivity index (χ2n) is 7.15. The molecular weight excluding hydrogens is 256 g/mol. The van der Waals surface area contributed by atoms with Crippen molar-refractivity contribution in [1.82, 2.24) is 9.80 Å². The van der Waals surface area contributed by atoms with E-state index in [-0.39, 0.29) is 11.4 Å². The highest BCUT2D eigenvalue weighted by atomic mass is 16.4. The lowest BCUT2D eigenvalue weighted by atomic mass is 9.84. The fourth-order valence-corrected chi connectivity index (χ4v) is 3.37. The van der Waals surface area contributed by atoms with E-state index < -0.39 is 12.0 Å². The third-order valence-electron chi connectivity index (χ3n) is 4.57. The molecular formula is C15H26N2O3. The van der Waals surface area contributed by atoms with Gasteiger partial charge < -0.3 is 14.9 Å². The summed E-state index contributed by atoms with van der Waals surface area (Å²) in [4.78, 5) is 27.5. The molecule has 5 heteroatoms. The van der Waals surface area contributed by atoms with Crippen LogP contribution in [0.4, 0.5) is 4.79 Å². The summed E-state index contributed by atoms with van der Waals surface area (Å²) >= 11 is 0. The predicted molar refractivity (Wildman–Crippen MR) is 76.5 cm³/mol. The number of likely N-dealkylation sites (tertiary alicyclic amines) is 2. The minimum atomic E-state index is -0.874. The number of carbonyl (C=O) groups excluding carboxylic acids is 1. The summed E-state index contributed by atoms with van der Waals surface area (Å²) in [6.45, 7) is 8.43. The number of hydrogen-bond acceptors (Lipinski definition) is 2. The Kier molecular flexibility index (Phi) is 4.25. The van der Waals surface area contributed by atoms with Gasteiger partial charge >= 0.3 is 12.0 Å². The Morgan fingerprint density at radius 1 is 1.25 bits per heavy atom. The van der Waals surface area contributed by atoms with Crippen molar-refractivity contribution >= 4 is 12.0 Å². The molecule has 2 rings (SSSR count). The van der Waals surface area contributed by atoms with E-state index in [2.05, 4.69) is 20.8 Å². The Labute approximate surface area is 120 Å². The van der Waals surface area contributed by atoms with Crippen LogP contribution in [0.2, 0.25) is 0 Å². The maximum Gasteiger partial charge on any atom is 0.326 e. The number of nitrogens with zero attached hydrogens (tertiary/aromatic N) is 2. The molecule has 114 valence electrons. The zero-order valence-corrected chi connectivity index (χ0v) is 12.8. The van der Waals surface area contributed by atoms with Crippen LogP contribution in [0.1, 0.15) is 46.5 Å². The van der Waals surface area contributed by atoms with E-state index in [1.165, 1.54) is 0 Å². The van der Waals surface area contributed by atoms with E-state index in [1.807, 2.05) is 4.90 Å². The van der Waals surface area contributed by atoms with Crippen molar-refractivity contribution in [3.8, 4) is 0 Å². The molecule has 2 aliphatic rings. The topological polar surface area (TPSA) is 60.9 Å². The van der Waals surface area contributed by atoms with E-state index in [0.717, 1.165) is 32.4 Å². The van der Waals surface area contributed by atoms with E-state index in [9.17, 15) is 14.7 Å². The van der Waals surface area contributed by atoms with Gasteiger partial charge in [-0.25, -0.2) is 9.59 Å². The summed E-state index contributed by atoms with van der Waals surface area (Å²) < 4.78 is 0. The van der Waals surface area contributed by atoms with Gasteiger partial charge in [-0.3, -0.25) is 0 Å². The molecule has 0 bridgehead atoms. The number of hydrogen-bond donors (Lipinski definition) is 1. The molecule has 20 heavy (non-hydrogen) atoms. The molecule has 2 heterocycles. The van der Waals surface area contributed by atoms with Gasteiger partial charge in [0.15, 0.2) is 0 Å². The number of carboxylic acids is 1. The van der Waals surface area contributed by atoms with Gasteiger partial charge in [0.05, 0.1) is 0 Å². The number of carboxylic acid groups (broad SMARTS) is 1. The Hall–Kier alpha value is -1.26. The first kappa shape index (κ1) is 15.1. The van der Waals surface area contributed by atoms with Crippen molar-refractivity contribution in [3.63, 3.8) is 0 Å². The Bertz CT molecular complexity index is 395. The summed E-state index contributed by atoms with van der Waals surface area (Å²) in [5, 5.41) is 9.36. The van der Waals surface area contributed by atoms with Crippen LogP contribution in [-0.2, 0) is 4.79 Å². The van der Waals surface area contributed by atoms with Crippen molar-refractivity contribution in [1.29, 1.82) is 0 Å². The number of amides is 2. The fourth-order valence-electron chi connectivity index (χ4n) is 3.37. The van der Waals surface area contributed by atoms with E-state index in [1.54, 1.807) is 4.90 Å². The maximum absolute atomic E-state index is 12.7. The Morgan fingerprint density at radius 3 is 2.55 bits per heavy atom. The first-order valence-corrected chi connectivity index (χ1v) is 7.58. The largest absolute Gasteiger partial charge is 0.480 e. The third kappa shape index (κ3) is 3.25. The van der Waals surface area contributed by atoms with Crippen LogP contribution in [-0.4, -0.2) is 52.6 Å². The van der Waals surface area contributed by atoms with Crippen LogP contribution >= 0.6 is 0 Å². The average molecular weight is 282 g/mol. The van der Waals surface area contributed by atoms with Crippen LogP contribution in [0.15, 0.2) is 0 Å². The Balaban J connectivity index is 2.08. The van der Waals surface area contributed by atoms with Gasteiger partial charge in [-0.05, 0) is 37.0 Å². The summed E-state index contributed by atoms with van der Waals surface area (Å²) in [7, 11) is 0. The van der Waals surface area contributed by atoms with Crippen molar-refractivity contribution in [2.24, 2.45) is 11.3 Å². The molecule has 0 aromatic rings. The number of urea groups is 1. The quantitative estimate of drug-likeness (QED) is 0.803. The minimum absolute atomic E-state index is 0.0860. The minimum Gasteiger partial charge on any atom is -0.480 e. The summed E-state index contributed by atoms with van der Waals surface area (Å²) in [6.07, 6.45) is 3.59. The van der Waals surface area contributed by atoms with Crippen molar-refractivity contribution in [2.45, 2.75) is 52.5 Å². The molecule has 5 nitrogen and oxygen atoms in total. The smallest absolute Gasteiger partial charge is 0.326 e. The molecule has 2 unspecified atom stereocenters. The highest BCUT2D eigenvalue weighted by Gasteiger charge is 2.38. The third-order valence-corrected chi connectivity index (χ3v) is 4.57. The van der Waals surface area contributed by atoms with Crippen LogP contribution in [0.3, 0.4) is 0 Å². The molecule has 0 aromatic carbocycles. The van der Waals surface area contributed by atoms with Crippen molar-refractivity contribution < 1.29 is 14.7 Å². The molecule has 1 N–H and O–H groups in total. The van der Waals surface area contributed by atoms with Crippen molar-refractivity contribution in [3.05, 3.63) is 0 Å². The van der Waals surface area contributed by atoms with Crippen LogP contribution in [0.5, 0.6) is 0 Å². The van der Waals surface area contributed by atoms with Gasteiger partial charge in [0.1, 0.15) is 6.04 Å². The van der Waals surface area contributed by atoms with Gasteiger partial charge in [-0.2, -0.15) is 0 Å². The van der Waals surface area contributed by atoms with Gasteiger partial charge in [0.25, 0.3) is 0 Å². The summed E-state index contributed by atoms with van der Waals surface area (Å²) in [5.74, 6) is -0.501. The van der Waals surface area contributed by atoms with E-state index >= 15 is 0 Å². The van der Waals surface area contributed by atoms with E-state index in [0.29, 0.717) is 18.9 Å². The maximum atomic E-state index is 12.7. The van der Waals surface area contributed by atoms with Gasteiger partial charge in [0.2, 0.25) is 0 Å². The molecule has 2 amide bonds. The zero-order chi connectivity index (χ0) is 14.9. The standard InChI is InChI=1S/C15H26N2O3/c1-11-5-8-17(12(9-11)13(18)19)14(20)16-7-4-6-15(2,3)10-16/h11-12H,4-10H2,1-3H3,(H,18,19). The highest BCUT2D eigenvalue weighted by molar-refractivity contribution is 5.83. The van der Waals surface area contributed by atoms with Gasteiger partial charge in [-0.15, -0.1) is 0 Å². The first-order chi connectivity index (χ1) is 9.30. The fraction of sp³-hybridized carbons (Fsp3) is 0.867. The second-order valence-corrected chi connectivity index (χ2v) is 7.15. The predicted octanol–water partition coefficient (Wildman–Crippen LogP) is 2.41. The van der Waals surface area contributed by atoms with E-state index in [4.69, 9.17) is 0 Å². The van der Waals surface area contributed by atoms with Crippen LogP contribution in [0, 0.1) is 11.3 Å². The van der Waals surface area contributed by atoms with Gasteiger partial charge in [0, 0.05) is 19.6 Å². The SMILES string of the molecule is CC1CCN(C(=O)N2CCCC(C)(C)C2)C(C(=O)O)C1. The Morgan fingerprint density at radius 2 is 1.95 bits per heavy atom.